The second-order valence-electron chi connectivity index (χ2n) is 7.11. The molecule has 0 saturated carbocycles. The summed E-state index contributed by atoms with van der Waals surface area (Å²) in [5, 5.41) is 9.53. The van der Waals surface area contributed by atoms with E-state index < -0.39 is 0 Å². The Morgan fingerprint density at radius 1 is 0.696 bits per heavy atom. The summed E-state index contributed by atoms with van der Waals surface area (Å²) < 4.78 is 0. The van der Waals surface area contributed by atoms with Crippen molar-refractivity contribution in [2.75, 3.05) is 0 Å². The van der Waals surface area contributed by atoms with E-state index in [-0.39, 0.29) is 0 Å². The van der Waals surface area contributed by atoms with Gasteiger partial charge in [0.05, 0.1) is 0 Å². The highest BCUT2D eigenvalue weighted by molar-refractivity contribution is 5.34. The van der Waals surface area contributed by atoms with Gasteiger partial charge < -0.3 is 5.11 Å². The topological polar surface area (TPSA) is 20.2 Å². The molecule has 0 radical (unpaired) electrons. The second kappa shape index (κ2) is 13.5. The van der Waals surface area contributed by atoms with E-state index in [0.29, 0.717) is 5.75 Å². The molecule has 0 bridgehead atoms. The first-order valence-electron chi connectivity index (χ1n) is 10.0. The van der Waals surface area contributed by atoms with Crippen LogP contribution in [0, 0.1) is 6.92 Å². The van der Waals surface area contributed by atoms with Gasteiger partial charge in [0.1, 0.15) is 5.75 Å². The monoisotopic (exact) mass is 318 g/mol. The lowest BCUT2D eigenvalue weighted by atomic mass is 10.0. The maximum absolute atomic E-state index is 9.53. The number of rotatable bonds is 14. The van der Waals surface area contributed by atoms with Gasteiger partial charge in [-0.25, -0.2) is 0 Å². The summed E-state index contributed by atoms with van der Waals surface area (Å²) in [6.45, 7) is 4.26. The molecule has 0 aliphatic carbocycles. The number of aryl methyl sites for hydroxylation is 2. The van der Waals surface area contributed by atoms with Gasteiger partial charge in [0.25, 0.3) is 0 Å². The molecule has 1 aromatic rings. The van der Waals surface area contributed by atoms with Gasteiger partial charge in [0.15, 0.2) is 0 Å². The number of benzene rings is 1. The van der Waals surface area contributed by atoms with E-state index in [1.807, 2.05) is 13.0 Å². The minimum Gasteiger partial charge on any atom is -0.508 e. The fourth-order valence-corrected chi connectivity index (χ4v) is 3.22. The minimum atomic E-state index is 0.416. The van der Waals surface area contributed by atoms with E-state index in [0.717, 1.165) is 12.0 Å². The molecule has 0 aromatic heterocycles. The van der Waals surface area contributed by atoms with Crippen LogP contribution in [0.3, 0.4) is 0 Å². The van der Waals surface area contributed by atoms with Crippen molar-refractivity contribution in [3.05, 3.63) is 29.3 Å². The Bertz CT molecular complexity index is 397. The molecular weight excluding hydrogens is 280 g/mol. The van der Waals surface area contributed by atoms with E-state index in [1.165, 1.54) is 89.0 Å². The molecule has 0 spiro atoms. The van der Waals surface area contributed by atoms with Gasteiger partial charge in [0.2, 0.25) is 0 Å². The van der Waals surface area contributed by atoms with Crippen molar-refractivity contribution < 1.29 is 5.11 Å². The molecule has 0 heterocycles. The largest absolute Gasteiger partial charge is 0.508 e. The first-order chi connectivity index (χ1) is 11.2. The average molecular weight is 319 g/mol. The Morgan fingerprint density at radius 3 is 1.65 bits per heavy atom. The van der Waals surface area contributed by atoms with Crippen molar-refractivity contribution in [3.8, 4) is 5.75 Å². The molecular formula is C22H38O. The Morgan fingerprint density at radius 2 is 1.17 bits per heavy atom. The zero-order valence-corrected chi connectivity index (χ0v) is 15.6. The number of unbranched alkanes of at least 4 members (excludes halogenated alkanes) is 12. The summed E-state index contributed by atoms with van der Waals surface area (Å²) in [5.74, 6) is 0.416. The molecule has 1 aromatic carbocycles. The highest BCUT2D eigenvalue weighted by atomic mass is 16.3. The molecule has 0 atom stereocenters. The van der Waals surface area contributed by atoms with Crippen molar-refractivity contribution in [1.82, 2.24) is 0 Å². The Hall–Kier alpha value is -0.980. The van der Waals surface area contributed by atoms with Gasteiger partial charge in [-0.3, -0.25) is 0 Å². The average Bonchev–Trinajstić information content (AvgIpc) is 2.55. The molecule has 0 amide bonds. The first-order valence-corrected chi connectivity index (χ1v) is 10.0. The molecule has 23 heavy (non-hydrogen) atoms. The quantitative estimate of drug-likeness (QED) is 0.356. The van der Waals surface area contributed by atoms with Gasteiger partial charge in [-0.2, -0.15) is 0 Å². The highest BCUT2D eigenvalue weighted by Crippen LogP contribution is 2.19. The maximum Gasteiger partial charge on any atom is 0.118 e. The van der Waals surface area contributed by atoms with Crippen LogP contribution in [-0.4, -0.2) is 5.11 Å². The van der Waals surface area contributed by atoms with E-state index in [4.69, 9.17) is 0 Å². The summed E-state index contributed by atoms with van der Waals surface area (Å²) >= 11 is 0. The zero-order chi connectivity index (χ0) is 16.8. The minimum absolute atomic E-state index is 0.416. The molecule has 1 nitrogen and oxygen atoms in total. The number of aromatic hydroxyl groups is 1. The van der Waals surface area contributed by atoms with Crippen LogP contribution >= 0.6 is 0 Å². The number of hydrogen-bond acceptors (Lipinski definition) is 1. The van der Waals surface area contributed by atoms with Crippen molar-refractivity contribution in [1.29, 1.82) is 0 Å². The summed E-state index contributed by atoms with van der Waals surface area (Å²) in [5.41, 5.74) is 2.36. The van der Waals surface area contributed by atoms with Crippen LogP contribution in [0.15, 0.2) is 18.2 Å². The van der Waals surface area contributed by atoms with Crippen LogP contribution in [0.5, 0.6) is 5.75 Å². The fraction of sp³-hybridized carbons (Fsp3) is 0.727. The van der Waals surface area contributed by atoms with Gasteiger partial charge in [-0.15, -0.1) is 0 Å². The number of phenolic OH excluding ortho intramolecular Hbond substituents is 1. The molecule has 0 aliphatic heterocycles. The van der Waals surface area contributed by atoms with Gasteiger partial charge in [-0.1, -0.05) is 96.1 Å². The molecule has 1 N–H and O–H groups in total. The molecule has 0 saturated heterocycles. The second-order valence-corrected chi connectivity index (χ2v) is 7.11. The van der Waals surface area contributed by atoms with Crippen molar-refractivity contribution in [2.45, 2.75) is 104 Å². The Kier molecular flexibility index (Phi) is 11.7. The lowest BCUT2D eigenvalue weighted by molar-refractivity contribution is 0.470. The normalized spacial score (nSPS) is 11.0. The molecule has 1 heteroatoms. The van der Waals surface area contributed by atoms with Crippen molar-refractivity contribution >= 4 is 0 Å². The van der Waals surface area contributed by atoms with E-state index >= 15 is 0 Å². The zero-order valence-electron chi connectivity index (χ0n) is 15.6. The predicted molar refractivity (Wildman–Crippen MR) is 102 cm³/mol. The molecule has 1 rings (SSSR count). The fourth-order valence-electron chi connectivity index (χ4n) is 3.22. The van der Waals surface area contributed by atoms with Crippen molar-refractivity contribution in [2.24, 2.45) is 0 Å². The smallest absolute Gasteiger partial charge is 0.118 e. The SMILES string of the molecule is CCCCCCCCCCCCCCCc1ccc(O)c(C)c1. The van der Waals surface area contributed by atoms with Crippen molar-refractivity contribution in [3.63, 3.8) is 0 Å². The standard InChI is InChI=1S/C22H38O/c1-3-4-5-6-7-8-9-10-11-12-13-14-15-16-21-17-18-22(23)20(2)19-21/h17-19,23H,3-16H2,1-2H3. The third kappa shape index (κ3) is 10.4. The van der Waals surface area contributed by atoms with Crippen LogP contribution < -0.4 is 0 Å². The van der Waals surface area contributed by atoms with E-state index in [1.54, 1.807) is 0 Å². The first kappa shape index (κ1) is 20.1. The third-order valence-corrected chi connectivity index (χ3v) is 4.83. The third-order valence-electron chi connectivity index (χ3n) is 4.83. The predicted octanol–water partition coefficient (Wildman–Crippen LogP) is 7.33. The van der Waals surface area contributed by atoms with Gasteiger partial charge in [-0.05, 0) is 37.0 Å². The summed E-state index contributed by atoms with van der Waals surface area (Å²) in [7, 11) is 0. The van der Waals surface area contributed by atoms with Gasteiger partial charge >= 0.3 is 0 Å². The van der Waals surface area contributed by atoms with E-state index in [2.05, 4.69) is 19.1 Å². The number of phenols is 1. The summed E-state index contributed by atoms with van der Waals surface area (Å²) in [6.07, 6.45) is 19.4. The Balaban J connectivity index is 1.85. The van der Waals surface area contributed by atoms with Crippen LogP contribution in [0.25, 0.3) is 0 Å². The summed E-state index contributed by atoms with van der Waals surface area (Å²) in [6, 6.07) is 6.01. The lowest BCUT2D eigenvalue weighted by Gasteiger charge is -2.05. The van der Waals surface area contributed by atoms with Crippen LogP contribution in [-0.2, 0) is 6.42 Å². The maximum atomic E-state index is 9.53. The highest BCUT2D eigenvalue weighted by Gasteiger charge is 1.99. The Labute approximate surface area is 144 Å². The molecule has 0 unspecified atom stereocenters. The lowest BCUT2D eigenvalue weighted by Crippen LogP contribution is -1.88. The molecule has 0 fully saturated rings. The summed E-state index contributed by atoms with van der Waals surface area (Å²) in [4.78, 5) is 0. The number of hydrogen-bond donors (Lipinski definition) is 1. The van der Waals surface area contributed by atoms with E-state index in [9.17, 15) is 5.11 Å². The van der Waals surface area contributed by atoms with Crippen LogP contribution in [0.2, 0.25) is 0 Å². The molecule has 132 valence electrons. The molecule has 0 aliphatic rings. The van der Waals surface area contributed by atoms with Crippen LogP contribution in [0.1, 0.15) is 102 Å². The van der Waals surface area contributed by atoms with Gasteiger partial charge in [0, 0.05) is 0 Å². The van der Waals surface area contributed by atoms with Crippen LogP contribution in [0.4, 0.5) is 0 Å².